The molecule has 0 rings (SSSR count). The average Bonchev–Trinajstić information content (AvgIpc) is 2.47. The zero-order valence-electron chi connectivity index (χ0n) is 16.0. The molecular formula is C17H36NO7P. The van der Waals surface area contributed by atoms with E-state index in [9.17, 15) is 14.2 Å². The molecule has 0 radical (unpaired) electrons. The third-order valence-electron chi connectivity index (χ3n) is 3.66. The van der Waals surface area contributed by atoms with Gasteiger partial charge in [-0.2, -0.15) is 0 Å². The number of amides is 1. The first-order chi connectivity index (χ1) is 12.0. The van der Waals surface area contributed by atoms with Gasteiger partial charge in [-0.15, -0.1) is 0 Å². The van der Waals surface area contributed by atoms with E-state index >= 15 is 0 Å². The smallest absolute Gasteiger partial charge is 0.328 e. The Hall–Kier alpha value is -0.950. The molecule has 0 aromatic rings. The van der Waals surface area contributed by atoms with Crippen LogP contribution >= 0.6 is 7.60 Å². The summed E-state index contributed by atoms with van der Waals surface area (Å²) < 4.78 is 10.1. The van der Waals surface area contributed by atoms with Crippen molar-refractivity contribution in [3.05, 3.63) is 0 Å². The summed E-state index contributed by atoms with van der Waals surface area (Å²) in [5, 5.41) is 17.0. The van der Waals surface area contributed by atoms with Crippen molar-refractivity contribution in [3.8, 4) is 0 Å². The number of carboxylic acids is 1. The van der Waals surface area contributed by atoms with Gasteiger partial charge in [0.15, 0.2) is 0 Å². The Morgan fingerprint density at radius 2 is 1.35 bits per heavy atom. The lowest BCUT2D eigenvalue weighted by Crippen LogP contribution is -2.31. The number of unbranched alkanes of at least 4 members (excludes halogenated alkanes) is 7. The predicted octanol–water partition coefficient (Wildman–Crippen LogP) is 2.64. The predicted molar refractivity (Wildman–Crippen MR) is 101 cm³/mol. The number of carboxylic acid groups (broad SMARTS) is 1. The van der Waals surface area contributed by atoms with Crippen LogP contribution in [0.1, 0.15) is 78.1 Å². The molecule has 0 aromatic heterocycles. The van der Waals surface area contributed by atoms with E-state index < -0.39 is 31.7 Å². The standard InChI is InChI=1S/C14H28O2.C3H8NO5P/c1-13(2)11-9-7-5-3-4-6-8-10-12-14(15)16;4-3(6)2(5)1-10(7,8)9/h13H,3-12H2,1-2H3,(H,15,16);2,5H,1H2,(H2,4,6)(H2,7,8,9). The maximum Gasteiger partial charge on any atom is 0.328 e. The van der Waals surface area contributed by atoms with E-state index in [0.29, 0.717) is 6.42 Å². The molecule has 6 N–H and O–H groups in total. The maximum atomic E-state index is 10.3. The molecule has 156 valence electrons. The number of carbonyl (C=O) groups excluding carboxylic acids is 1. The van der Waals surface area contributed by atoms with E-state index in [0.717, 1.165) is 18.8 Å². The van der Waals surface area contributed by atoms with E-state index in [1.165, 1.54) is 44.9 Å². The molecular weight excluding hydrogens is 361 g/mol. The molecule has 0 spiro atoms. The molecule has 0 fully saturated rings. The minimum atomic E-state index is -4.33. The fourth-order valence-corrected chi connectivity index (χ4v) is 2.84. The average molecular weight is 397 g/mol. The van der Waals surface area contributed by atoms with Gasteiger partial charge in [0.05, 0.1) is 6.16 Å². The zero-order chi connectivity index (χ0) is 20.6. The van der Waals surface area contributed by atoms with Crippen molar-refractivity contribution < 1.29 is 34.2 Å². The monoisotopic (exact) mass is 397 g/mol. The Morgan fingerprint density at radius 3 is 1.65 bits per heavy atom. The Morgan fingerprint density at radius 1 is 0.923 bits per heavy atom. The van der Waals surface area contributed by atoms with Crippen molar-refractivity contribution in [1.29, 1.82) is 0 Å². The number of aliphatic hydroxyl groups excluding tert-OH is 1. The van der Waals surface area contributed by atoms with Crippen LogP contribution in [0.5, 0.6) is 0 Å². The largest absolute Gasteiger partial charge is 0.481 e. The second-order valence-electron chi connectivity index (χ2n) is 6.92. The van der Waals surface area contributed by atoms with Crippen molar-refractivity contribution in [2.45, 2.75) is 84.2 Å². The summed E-state index contributed by atoms with van der Waals surface area (Å²) in [5.74, 6) is -0.951. The lowest BCUT2D eigenvalue weighted by Gasteiger charge is -2.06. The van der Waals surface area contributed by atoms with Gasteiger partial charge in [0.25, 0.3) is 0 Å². The van der Waals surface area contributed by atoms with E-state index in [-0.39, 0.29) is 0 Å². The molecule has 0 heterocycles. The van der Waals surface area contributed by atoms with E-state index in [1.807, 2.05) is 0 Å². The van der Waals surface area contributed by atoms with Crippen molar-refractivity contribution >= 4 is 19.5 Å². The van der Waals surface area contributed by atoms with Crippen LogP contribution < -0.4 is 5.73 Å². The number of hydrogen-bond donors (Lipinski definition) is 5. The quantitative estimate of drug-likeness (QED) is 0.222. The van der Waals surface area contributed by atoms with Gasteiger partial charge in [-0.3, -0.25) is 14.2 Å². The molecule has 9 heteroatoms. The topological polar surface area (TPSA) is 158 Å². The summed E-state index contributed by atoms with van der Waals surface area (Å²) in [6.07, 6.45) is 8.86. The fourth-order valence-electron chi connectivity index (χ4n) is 2.20. The Bertz CT molecular complexity index is 423. The number of carbonyl (C=O) groups is 2. The van der Waals surface area contributed by atoms with Crippen LogP contribution in [0, 0.1) is 5.92 Å². The fraction of sp³-hybridized carbons (Fsp3) is 0.882. The summed E-state index contributed by atoms with van der Waals surface area (Å²) in [6.45, 7) is 4.56. The zero-order valence-corrected chi connectivity index (χ0v) is 16.9. The van der Waals surface area contributed by atoms with Gasteiger partial charge >= 0.3 is 13.6 Å². The highest BCUT2D eigenvalue weighted by molar-refractivity contribution is 7.51. The van der Waals surface area contributed by atoms with Crippen LogP contribution in [0.25, 0.3) is 0 Å². The molecule has 1 unspecified atom stereocenters. The van der Waals surface area contributed by atoms with E-state index in [4.69, 9.17) is 20.0 Å². The minimum absolute atomic E-state index is 0.342. The van der Waals surface area contributed by atoms with Crippen LogP contribution in [0.3, 0.4) is 0 Å². The Balaban J connectivity index is 0. The number of nitrogens with two attached hydrogens (primary N) is 1. The van der Waals surface area contributed by atoms with Gasteiger partial charge in [0.1, 0.15) is 6.10 Å². The molecule has 0 saturated heterocycles. The number of primary amides is 1. The third-order valence-corrected chi connectivity index (χ3v) is 4.48. The first kappa shape index (κ1) is 27.3. The summed E-state index contributed by atoms with van der Waals surface area (Å²) in [6, 6.07) is 0. The molecule has 26 heavy (non-hydrogen) atoms. The van der Waals surface area contributed by atoms with Gasteiger partial charge in [-0.1, -0.05) is 65.2 Å². The minimum Gasteiger partial charge on any atom is -0.481 e. The Kier molecular flexibility index (Phi) is 17.0. The van der Waals surface area contributed by atoms with Crippen molar-refractivity contribution in [3.63, 3.8) is 0 Å². The summed E-state index contributed by atoms with van der Waals surface area (Å²) in [4.78, 5) is 36.6. The lowest BCUT2D eigenvalue weighted by atomic mass is 10.0. The number of rotatable bonds is 14. The third kappa shape index (κ3) is 25.3. The normalized spacial score (nSPS) is 12.4. The van der Waals surface area contributed by atoms with Crippen LogP contribution in [0.15, 0.2) is 0 Å². The van der Waals surface area contributed by atoms with Crippen molar-refractivity contribution in [1.82, 2.24) is 0 Å². The summed E-state index contributed by atoms with van der Waals surface area (Å²) >= 11 is 0. The second kappa shape index (κ2) is 16.2. The molecule has 8 nitrogen and oxygen atoms in total. The highest BCUT2D eigenvalue weighted by Gasteiger charge is 2.23. The maximum absolute atomic E-state index is 10.3. The number of hydrogen-bond acceptors (Lipinski definition) is 4. The highest BCUT2D eigenvalue weighted by atomic mass is 31.2. The number of aliphatic carboxylic acids is 1. The molecule has 1 amide bonds. The van der Waals surface area contributed by atoms with E-state index in [1.54, 1.807) is 0 Å². The van der Waals surface area contributed by atoms with Crippen LogP contribution in [-0.4, -0.2) is 44.1 Å². The first-order valence-electron chi connectivity index (χ1n) is 9.19. The van der Waals surface area contributed by atoms with Crippen molar-refractivity contribution in [2.75, 3.05) is 6.16 Å². The van der Waals surface area contributed by atoms with Crippen LogP contribution in [0.2, 0.25) is 0 Å². The molecule has 0 aliphatic rings. The van der Waals surface area contributed by atoms with Gasteiger partial charge in [-0.05, 0) is 12.3 Å². The van der Waals surface area contributed by atoms with Crippen LogP contribution in [0.4, 0.5) is 0 Å². The molecule has 0 bridgehead atoms. The number of aliphatic hydroxyl groups is 1. The van der Waals surface area contributed by atoms with Gasteiger partial charge < -0.3 is 25.7 Å². The summed E-state index contributed by atoms with van der Waals surface area (Å²) in [7, 11) is -4.33. The first-order valence-corrected chi connectivity index (χ1v) is 11.0. The molecule has 0 aliphatic heterocycles. The SMILES string of the molecule is CC(C)CCCCCCCCCCC(=O)O.NC(=O)C(O)CP(=O)(O)O. The van der Waals surface area contributed by atoms with Crippen LogP contribution in [-0.2, 0) is 14.2 Å². The van der Waals surface area contributed by atoms with Gasteiger partial charge in [0.2, 0.25) is 5.91 Å². The van der Waals surface area contributed by atoms with Crippen molar-refractivity contribution in [2.24, 2.45) is 11.7 Å². The van der Waals surface area contributed by atoms with Gasteiger partial charge in [-0.25, -0.2) is 0 Å². The molecule has 0 aliphatic carbocycles. The second-order valence-corrected chi connectivity index (χ2v) is 8.61. The lowest BCUT2D eigenvalue weighted by molar-refractivity contribution is -0.137. The molecule has 0 saturated carbocycles. The van der Waals surface area contributed by atoms with E-state index in [2.05, 4.69) is 19.6 Å². The summed E-state index contributed by atoms with van der Waals surface area (Å²) in [5.41, 5.74) is 4.51. The Labute approximate surface area is 156 Å². The highest BCUT2D eigenvalue weighted by Crippen LogP contribution is 2.34. The molecule has 0 aromatic carbocycles. The molecule has 1 atom stereocenters. The van der Waals surface area contributed by atoms with Gasteiger partial charge in [0, 0.05) is 6.42 Å².